The maximum Gasteiger partial charge on any atom is 0.335 e. The van der Waals surface area contributed by atoms with Gasteiger partial charge in [0.15, 0.2) is 0 Å². The number of allylic oxidation sites excluding steroid dienone is 1. The third-order valence-electron chi connectivity index (χ3n) is 11.0. The number of carbonyl (C=O) groups excluding carboxylic acids is 1. The first-order chi connectivity index (χ1) is 17.2. The summed E-state index contributed by atoms with van der Waals surface area (Å²) in [5.74, 6) is 0.946. The molecule has 7 nitrogen and oxygen atoms in total. The van der Waals surface area contributed by atoms with Crippen LogP contribution in [0.25, 0.3) is 0 Å². The van der Waals surface area contributed by atoms with Gasteiger partial charge in [-0.05, 0) is 86.2 Å². The molecule has 196 valence electrons. The molecule has 1 aromatic rings. The molecule has 0 aromatic carbocycles. The Morgan fingerprint density at radius 1 is 1.06 bits per heavy atom. The largest absolute Gasteiger partial charge is 0.431 e. The summed E-state index contributed by atoms with van der Waals surface area (Å²) in [5.41, 5.74) is 1.37. The number of nitrogens with zero attached hydrogens (tertiary/aromatic N) is 1. The number of nitrogens with one attached hydrogen (secondary N) is 1. The van der Waals surface area contributed by atoms with E-state index in [0.717, 1.165) is 56.9 Å². The van der Waals surface area contributed by atoms with E-state index >= 15 is 0 Å². The number of fused-ring (bicyclic) bond motifs is 5. The second kappa shape index (κ2) is 8.73. The van der Waals surface area contributed by atoms with E-state index in [0.29, 0.717) is 32.2 Å². The molecule has 2 heterocycles. The van der Waals surface area contributed by atoms with Crippen molar-refractivity contribution in [2.45, 2.75) is 82.8 Å². The summed E-state index contributed by atoms with van der Waals surface area (Å²) in [5, 5.41) is 15.7. The summed E-state index contributed by atoms with van der Waals surface area (Å²) in [7, 11) is 0. The summed E-state index contributed by atoms with van der Waals surface area (Å²) in [6.07, 6.45) is 11.8. The lowest BCUT2D eigenvalue weighted by Crippen LogP contribution is -2.60. The van der Waals surface area contributed by atoms with Gasteiger partial charge in [-0.25, -0.2) is 9.59 Å². The van der Waals surface area contributed by atoms with E-state index < -0.39 is 5.60 Å². The van der Waals surface area contributed by atoms with E-state index in [1.165, 1.54) is 11.6 Å². The van der Waals surface area contributed by atoms with E-state index in [9.17, 15) is 14.7 Å². The van der Waals surface area contributed by atoms with E-state index in [1.807, 2.05) is 11.0 Å². The van der Waals surface area contributed by atoms with Crippen LogP contribution in [0.1, 0.15) is 76.7 Å². The van der Waals surface area contributed by atoms with Crippen molar-refractivity contribution in [1.82, 2.24) is 10.2 Å². The molecule has 5 aliphatic rings. The Morgan fingerprint density at radius 3 is 2.61 bits per heavy atom. The summed E-state index contributed by atoms with van der Waals surface area (Å²) >= 11 is 0. The average Bonchev–Trinajstić information content (AvgIpc) is 3.16. The molecule has 6 rings (SSSR count). The summed E-state index contributed by atoms with van der Waals surface area (Å²) < 4.78 is 10.6. The molecule has 2 N–H and O–H groups in total. The highest BCUT2D eigenvalue weighted by Crippen LogP contribution is 2.70. The minimum Gasteiger partial charge on any atom is -0.431 e. The van der Waals surface area contributed by atoms with E-state index in [1.54, 1.807) is 6.26 Å². The van der Waals surface area contributed by atoms with Crippen LogP contribution in [0.3, 0.4) is 0 Å². The van der Waals surface area contributed by atoms with Crippen molar-refractivity contribution < 1.29 is 19.1 Å². The third-order valence-corrected chi connectivity index (χ3v) is 11.0. The molecule has 7 atom stereocenters. The summed E-state index contributed by atoms with van der Waals surface area (Å²) in [6.45, 7) is 7.23. The van der Waals surface area contributed by atoms with Gasteiger partial charge in [0.25, 0.3) is 0 Å². The first-order valence-corrected chi connectivity index (χ1v) is 13.9. The highest BCUT2D eigenvalue weighted by molar-refractivity contribution is 5.75. The highest BCUT2D eigenvalue weighted by atomic mass is 16.5. The first kappa shape index (κ1) is 24.2. The second-order valence-corrected chi connectivity index (χ2v) is 12.4. The molecule has 4 aliphatic carbocycles. The fourth-order valence-electron chi connectivity index (χ4n) is 8.93. The van der Waals surface area contributed by atoms with E-state index in [4.69, 9.17) is 9.15 Å². The molecule has 36 heavy (non-hydrogen) atoms. The van der Waals surface area contributed by atoms with Crippen LogP contribution in [0.2, 0.25) is 0 Å². The lowest BCUT2D eigenvalue weighted by molar-refractivity contribution is -0.177. The lowest BCUT2D eigenvalue weighted by Gasteiger charge is -2.62. The van der Waals surface area contributed by atoms with Crippen LogP contribution in [-0.2, 0) is 4.74 Å². The van der Waals surface area contributed by atoms with Crippen molar-refractivity contribution >= 4 is 6.03 Å². The highest BCUT2D eigenvalue weighted by Gasteiger charge is 2.66. The summed E-state index contributed by atoms with van der Waals surface area (Å²) in [4.78, 5) is 26.2. The zero-order valence-electron chi connectivity index (χ0n) is 21.6. The Labute approximate surface area is 213 Å². The minimum absolute atomic E-state index is 0.0222. The van der Waals surface area contributed by atoms with Crippen LogP contribution < -0.4 is 10.9 Å². The quantitative estimate of drug-likeness (QED) is 0.599. The molecule has 1 aliphatic heterocycles. The van der Waals surface area contributed by atoms with Crippen LogP contribution in [0, 0.1) is 22.7 Å². The number of hydrogen-bond donors (Lipinski definition) is 2. The second-order valence-electron chi connectivity index (χ2n) is 12.4. The number of hydrogen-bond acceptors (Lipinski definition) is 5. The van der Waals surface area contributed by atoms with Gasteiger partial charge in [0, 0.05) is 30.6 Å². The Bertz CT molecular complexity index is 1090. The van der Waals surface area contributed by atoms with E-state index in [-0.39, 0.29) is 40.4 Å². The molecule has 0 spiro atoms. The molecule has 3 saturated carbocycles. The smallest absolute Gasteiger partial charge is 0.335 e. The fraction of sp³-hybridized carbons (Fsp3) is 0.724. The molecule has 4 fully saturated rings. The number of aliphatic hydroxyl groups is 1. The number of amides is 2. The zero-order chi connectivity index (χ0) is 25.1. The molecule has 0 radical (unpaired) electrons. The van der Waals surface area contributed by atoms with Crippen LogP contribution in [-0.4, -0.2) is 54.0 Å². The average molecular weight is 497 g/mol. The number of rotatable bonds is 2. The topological polar surface area (TPSA) is 92.0 Å². The van der Waals surface area contributed by atoms with Crippen molar-refractivity contribution in [2.24, 2.45) is 22.7 Å². The molecule has 7 heteroatoms. The van der Waals surface area contributed by atoms with Crippen LogP contribution in [0.15, 0.2) is 39.3 Å². The Balaban J connectivity index is 1.21. The van der Waals surface area contributed by atoms with E-state index in [2.05, 4.69) is 25.2 Å². The number of morpholine rings is 1. The van der Waals surface area contributed by atoms with Gasteiger partial charge >= 0.3 is 11.7 Å². The van der Waals surface area contributed by atoms with Gasteiger partial charge in [0.05, 0.1) is 25.1 Å². The fourth-order valence-corrected chi connectivity index (χ4v) is 8.93. The summed E-state index contributed by atoms with van der Waals surface area (Å²) in [6, 6.07) is 3.51. The Morgan fingerprint density at radius 2 is 1.86 bits per heavy atom. The SMILES string of the molecule is C[C@]12CC[C@H](NC(=O)N3CCOCC3)C=C1CC[C@@H]1[C@@H]2CC[C@]2(C)[C@@H](c3ccc(=O)oc3)CC[C@]12O. The minimum atomic E-state index is -0.702. The number of carbonyl (C=O) groups is 1. The van der Waals surface area contributed by atoms with Crippen LogP contribution in [0.5, 0.6) is 0 Å². The van der Waals surface area contributed by atoms with Gasteiger partial charge in [0.1, 0.15) is 0 Å². The van der Waals surface area contributed by atoms with Gasteiger partial charge < -0.3 is 24.5 Å². The molecule has 0 unspecified atom stereocenters. The van der Waals surface area contributed by atoms with Crippen molar-refractivity contribution in [3.63, 3.8) is 0 Å². The van der Waals surface area contributed by atoms with Crippen molar-refractivity contribution in [3.05, 3.63) is 46.0 Å². The maximum atomic E-state index is 12.8. The first-order valence-electron chi connectivity index (χ1n) is 13.9. The number of ether oxygens (including phenoxy) is 1. The van der Waals surface area contributed by atoms with Crippen LogP contribution >= 0.6 is 0 Å². The normalized spacial score (nSPS) is 42.1. The molecule has 2 amide bonds. The zero-order valence-corrected chi connectivity index (χ0v) is 21.6. The van der Waals surface area contributed by atoms with Crippen molar-refractivity contribution in [1.29, 1.82) is 0 Å². The molecule has 1 aromatic heterocycles. The third kappa shape index (κ3) is 3.60. The predicted octanol–water partition coefficient (Wildman–Crippen LogP) is 4.21. The van der Waals surface area contributed by atoms with Gasteiger partial charge in [-0.15, -0.1) is 0 Å². The number of urea groups is 1. The van der Waals surface area contributed by atoms with Gasteiger partial charge in [0.2, 0.25) is 0 Å². The van der Waals surface area contributed by atoms with Gasteiger partial charge in [-0.3, -0.25) is 0 Å². The molecular formula is C29H40N2O5. The predicted molar refractivity (Wildman–Crippen MR) is 136 cm³/mol. The Hall–Kier alpha value is -2.12. The monoisotopic (exact) mass is 496 g/mol. The molecule has 0 bridgehead atoms. The van der Waals surface area contributed by atoms with Gasteiger partial charge in [-0.2, -0.15) is 0 Å². The molecular weight excluding hydrogens is 456 g/mol. The molecule has 1 saturated heterocycles. The Kier molecular flexibility index (Phi) is 5.87. The van der Waals surface area contributed by atoms with Crippen LogP contribution in [0.4, 0.5) is 4.79 Å². The van der Waals surface area contributed by atoms with Crippen molar-refractivity contribution in [3.8, 4) is 0 Å². The lowest BCUT2D eigenvalue weighted by atomic mass is 9.45. The maximum absolute atomic E-state index is 12.8. The standard InChI is InChI=1S/C29H40N2O5/c1-27-10-7-21(30-26(33)31-13-15-35-16-14-31)17-20(27)4-5-24-23(27)8-11-28(2)22(9-12-29(24,28)34)19-3-6-25(32)36-18-19/h3,6,17-18,21-24,34H,4-5,7-16H2,1-2H3,(H,30,33)/t21-,22+,23-,24+,27-,28+,29-/m0/s1. The van der Waals surface area contributed by atoms with Gasteiger partial charge in [-0.1, -0.05) is 25.5 Å². The van der Waals surface area contributed by atoms with Crippen molar-refractivity contribution in [2.75, 3.05) is 26.3 Å².